The minimum absolute atomic E-state index is 0.644. The van der Waals surface area contributed by atoms with Gasteiger partial charge in [-0.25, -0.2) is 0 Å². The molecule has 2 aromatic rings. The highest BCUT2D eigenvalue weighted by Gasteiger charge is 2.02. The number of aryl methyl sites for hydroxylation is 2. The summed E-state index contributed by atoms with van der Waals surface area (Å²) in [7, 11) is 4.08. The normalized spacial score (nSPS) is 10.2. The van der Waals surface area contributed by atoms with Gasteiger partial charge in [0.2, 0.25) is 0 Å². The van der Waals surface area contributed by atoms with Crippen LogP contribution in [0.3, 0.4) is 0 Å². The molecule has 116 valence electrons. The van der Waals surface area contributed by atoms with Crippen molar-refractivity contribution in [1.82, 2.24) is 5.32 Å². The minimum Gasteiger partial charge on any atom is -0.378 e. The Balaban J connectivity index is 1.91. The van der Waals surface area contributed by atoms with Gasteiger partial charge in [0.15, 0.2) is 5.11 Å². The Morgan fingerprint density at radius 2 is 1.73 bits per heavy atom. The van der Waals surface area contributed by atoms with Gasteiger partial charge in [0, 0.05) is 32.0 Å². The van der Waals surface area contributed by atoms with Crippen LogP contribution in [0.5, 0.6) is 0 Å². The number of hydrogen-bond acceptors (Lipinski definition) is 2. The minimum atomic E-state index is 0.644. The molecule has 0 aliphatic rings. The molecular weight excluding hydrogens is 290 g/mol. The summed E-state index contributed by atoms with van der Waals surface area (Å²) in [6.45, 7) is 4.86. The zero-order valence-electron chi connectivity index (χ0n) is 13.6. The summed E-state index contributed by atoms with van der Waals surface area (Å²) in [6, 6.07) is 14.8. The second-order valence-corrected chi connectivity index (χ2v) is 6.10. The molecular formula is C18H23N3S. The quantitative estimate of drug-likeness (QED) is 0.838. The molecule has 0 heterocycles. The lowest BCUT2D eigenvalue weighted by atomic mass is 10.1. The Bertz CT molecular complexity index is 648. The van der Waals surface area contributed by atoms with Crippen LogP contribution in [0.25, 0.3) is 0 Å². The van der Waals surface area contributed by atoms with Crippen molar-refractivity contribution in [2.45, 2.75) is 20.4 Å². The lowest BCUT2D eigenvalue weighted by Gasteiger charge is -2.15. The van der Waals surface area contributed by atoms with Gasteiger partial charge < -0.3 is 15.5 Å². The molecule has 0 aromatic heterocycles. The van der Waals surface area contributed by atoms with Crippen molar-refractivity contribution in [1.29, 1.82) is 0 Å². The van der Waals surface area contributed by atoms with Crippen LogP contribution in [0.15, 0.2) is 42.5 Å². The predicted molar refractivity (Wildman–Crippen MR) is 99.7 cm³/mol. The van der Waals surface area contributed by atoms with E-state index in [2.05, 4.69) is 71.8 Å². The summed E-state index contributed by atoms with van der Waals surface area (Å²) in [4.78, 5) is 2.09. The van der Waals surface area contributed by atoms with Crippen LogP contribution in [-0.2, 0) is 6.54 Å². The molecule has 0 saturated carbocycles. The van der Waals surface area contributed by atoms with Crippen LogP contribution >= 0.6 is 12.2 Å². The molecule has 3 nitrogen and oxygen atoms in total. The molecule has 0 fully saturated rings. The number of nitrogens with one attached hydrogen (secondary N) is 2. The van der Waals surface area contributed by atoms with Crippen LogP contribution in [-0.4, -0.2) is 19.2 Å². The molecule has 0 spiro atoms. The van der Waals surface area contributed by atoms with Gasteiger partial charge in [-0.15, -0.1) is 0 Å². The van der Waals surface area contributed by atoms with Gasteiger partial charge in [-0.1, -0.05) is 24.3 Å². The first-order valence-corrected chi connectivity index (χ1v) is 7.75. The van der Waals surface area contributed by atoms with Crippen LogP contribution in [0.4, 0.5) is 11.4 Å². The maximum Gasteiger partial charge on any atom is 0.171 e. The SMILES string of the molecule is Cc1ccc(C)c(NC(=S)NCc2ccc(N(C)C)cc2)c1. The van der Waals surface area contributed by atoms with Crippen molar-refractivity contribution in [2.24, 2.45) is 0 Å². The number of anilines is 2. The lowest BCUT2D eigenvalue weighted by molar-refractivity contribution is 0.924. The number of hydrogen-bond donors (Lipinski definition) is 2. The van der Waals surface area contributed by atoms with E-state index in [-0.39, 0.29) is 0 Å². The third-order valence-corrected chi connectivity index (χ3v) is 3.79. The largest absolute Gasteiger partial charge is 0.378 e. The predicted octanol–water partition coefficient (Wildman–Crippen LogP) is 3.86. The standard InChI is InChI=1S/C18H23N3S/c1-13-5-6-14(2)17(11-13)20-18(22)19-12-15-7-9-16(10-8-15)21(3)4/h5-11H,12H2,1-4H3,(H2,19,20,22). The summed E-state index contributed by atoms with van der Waals surface area (Å²) in [5.41, 5.74) is 5.86. The fourth-order valence-corrected chi connectivity index (χ4v) is 2.31. The fourth-order valence-electron chi connectivity index (χ4n) is 2.13. The maximum atomic E-state index is 5.37. The molecule has 2 N–H and O–H groups in total. The van der Waals surface area contributed by atoms with Gasteiger partial charge in [-0.2, -0.15) is 0 Å². The van der Waals surface area contributed by atoms with E-state index in [1.54, 1.807) is 0 Å². The van der Waals surface area contributed by atoms with Crippen molar-refractivity contribution in [3.8, 4) is 0 Å². The topological polar surface area (TPSA) is 27.3 Å². The number of thiocarbonyl (C=S) groups is 1. The molecule has 0 aliphatic carbocycles. The van der Waals surface area contributed by atoms with E-state index < -0.39 is 0 Å². The van der Waals surface area contributed by atoms with E-state index in [4.69, 9.17) is 12.2 Å². The third kappa shape index (κ3) is 4.46. The van der Waals surface area contributed by atoms with Crippen LogP contribution < -0.4 is 15.5 Å². The van der Waals surface area contributed by atoms with E-state index in [0.717, 1.165) is 5.69 Å². The van der Waals surface area contributed by atoms with Crippen LogP contribution in [0.2, 0.25) is 0 Å². The van der Waals surface area contributed by atoms with Crippen LogP contribution in [0, 0.1) is 13.8 Å². The monoisotopic (exact) mass is 313 g/mol. The molecule has 2 rings (SSSR count). The average molecular weight is 313 g/mol. The Morgan fingerprint density at radius 1 is 1.05 bits per heavy atom. The first kappa shape index (κ1) is 16.3. The zero-order chi connectivity index (χ0) is 16.1. The van der Waals surface area contributed by atoms with E-state index in [1.165, 1.54) is 22.4 Å². The second kappa shape index (κ2) is 7.27. The fraction of sp³-hybridized carbons (Fsp3) is 0.278. The molecule has 0 atom stereocenters. The summed E-state index contributed by atoms with van der Waals surface area (Å²) in [5, 5.41) is 7.16. The van der Waals surface area contributed by atoms with Crippen molar-refractivity contribution < 1.29 is 0 Å². The Hall–Kier alpha value is -2.07. The van der Waals surface area contributed by atoms with Crippen molar-refractivity contribution >= 4 is 28.7 Å². The molecule has 4 heteroatoms. The smallest absolute Gasteiger partial charge is 0.171 e. The molecule has 0 unspecified atom stereocenters. The molecule has 0 saturated heterocycles. The van der Waals surface area contributed by atoms with E-state index in [1.807, 2.05) is 14.1 Å². The van der Waals surface area contributed by atoms with Gasteiger partial charge in [0.1, 0.15) is 0 Å². The molecule has 22 heavy (non-hydrogen) atoms. The summed E-state index contributed by atoms with van der Waals surface area (Å²) < 4.78 is 0. The van der Waals surface area contributed by atoms with E-state index >= 15 is 0 Å². The molecule has 0 aliphatic heterocycles. The number of nitrogens with zero attached hydrogens (tertiary/aromatic N) is 1. The molecule has 0 amide bonds. The first-order chi connectivity index (χ1) is 10.5. The van der Waals surface area contributed by atoms with E-state index in [0.29, 0.717) is 11.7 Å². The summed E-state index contributed by atoms with van der Waals surface area (Å²) in [5.74, 6) is 0. The van der Waals surface area contributed by atoms with Gasteiger partial charge in [-0.05, 0) is 61.0 Å². The zero-order valence-corrected chi connectivity index (χ0v) is 14.4. The number of benzene rings is 2. The second-order valence-electron chi connectivity index (χ2n) is 5.69. The highest BCUT2D eigenvalue weighted by Crippen LogP contribution is 2.16. The summed E-state index contributed by atoms with van der Waals surface area (Å²) in [6.07, 6.45) is 0. The number of rotatable bonds is 4. The third-order valence-electron chi connectivity index (χ3n) is 3.55. The maximum absolute atomic E-state index is 5.37. The van der Waals surface area contributed by atoms with Gasteiger partial charge in [0.25, 0.3) is 0 Å². The lowest BCUT2D eigenvalue weighted by Crippen LogP contribution is -2.28. The highest BCUT2D eigenvalue weighted by molar-refractivity contribution is 7.80. The molecule has 0 radical (unpaired) electrons. The Labute approximate surface area is 138 Å². The first-order valence-electron chi connectivity index (χ1n) is 7.34. The van der Waals surface area contributed by atoms with Gasteiger partial charge in [-0.3, -0.25) is 0 Å². The average Bonchev–Trinajstić information content (AvgIpc) is 2.49. The van der Waals surface area contributed by atoms with E-state index in [9.17, 15) is 0 Å². The Kier molecular flexibility index (Phi) is 5.39. The molecule has 0 bridgehead atoms. The summed E-state index contributed by atoms with van der Waals surface area (Å²) >= 11 is 5.37. The van der Waals surface area contributed by atoms with Crippen molar-refractivity contribution in [3.05, 3.63) is 59.2 Å². The Morgan fingerprint density at radius 3 is 2.36 bits per heavy atom. The highest BCUT2D eigenvalue weighted by atomic mass is 32.1. The van der Waals surface area contributed by atoms with Crippen LogP contribution in [0.1, 0.15) is 16.7 Å². The van der Waals surface area contributed by atoms with Gasteiger partial charge >= 0.3 is 0 Å². The van der Waals surface area contributed by atoms with Crippen molar-refractivity contribution in [2.75, 3.05) is 24.3 Å². The van der Waals surface area contributed by atoms with Gasteiger partial charge in [0.05, 0.1) is 0 Å². The van der Waals surface area contributed by atoms with Crippen molar-refractivity contribution in [3.63, 3.8) is 0 Å². The molecule has 2 aromatic carbocycles.